The minimum atomic E-state index is -0.266. The van der Waals surface area contributed by atoms with Crippen molar-refractivity contribution < 1.29 is 19.1 Å². The number of methoxy groups -OCH3 is 1. The maximum absolute atomic E-state index is 12.2. The Morgan fingerprint density at radius 2 is 1.83 bits per heavy atom. The zero-order valence-corrected chi connectivity index (χ0v) is 18.2. The fourth-order valence-corrected chi connectivity index (χ4v) is 3.41. The summed E-state index contributed by atoms with van der Waals surface area (Å²) >= 11 is 5.77. The number of hydrogen-bond donors (Lipinski definition) is 0. The van der Waals surface area contributed by atoms with Gasteiger partial charge in [-0.2, -0.15) is 0 Å². The quantitative estimate of drug-likeness (QED) is 0.449. The summed E-state index contributed by atoms with van der Waals surface area (Å²) in [5, 5.41) is 0. The van der Waals surface area contributed by atoms with E-state index in [1.807, 2.05) is 44.2 Å². The van der Waals surface area contributed by atoms with Gasteiger partial charge in [0.15, 0.2) is 0 Å². The van der Waals surface area contributed by atoms with E-state index in [0.29, 0.717) is 25.4 Å². The predicted octanol–water partition coefficient (Wildman–Crippen LogP) is 4.36. The second-order valence-corrected chi connectivity index (χ2v) is 6.99. The first kappa shape index (κ1) is 22.8. The molecule has 0 fully saturated rings. The summed E-state index contributed by atoms with van der Waals surface area (Å²) in [5.41, 5.74) is 4.77. The second kappa shape index (κ2) is 10.9. The summed E-state index contributed by atoms with van der Waals surface area (Å²) in [5.74, 6) is 0.282. The topological polar surface area (TPSA) is 55.8 Å². The van der Waals surface area contributed by atoms with E-state index in [1.165, 1.54) is 0 Å². The Bertz CT molecular complexity index is 866. The molecule has 0 saturated carbocycles. The van der Waals surface area contributed by atoms with Gasteiger partial charge in [-0.15, -0.1) is 11.6 Å². The molecule has 2 aromatic rings. The molecule has 0 aliphatic carbocycles. The summed E-state index contributed by atoms with van der Waals surface area (Å²) < 4.78 is 10.6. The van der Waals surface area contributed by atoms with Gasteiger partial charge in [0.05, 0.1) is 20.1 Å². The standard InChI is InChI=1S/C23H28ClNO4/c1-5-25(22(26)14-24)15-18-11-16(3)7-9-19(18)20-12-17(8-10-21(20)28-4)13-23(27)29-6-2/h7-12H,5-6,13-15H2,1-4H3. The monoisotopic (exact) mass is 417 g/mol. The predicted molar refractivity (Wildman–Crippen MR) is 115 cm³/mol. The number of carbonyl (C=O) groups excluding carboxylic acids is 2. The molecule has 0 bridgehead atoms. The van der Waals surface area contributed by atoms with Crippen LogP contribution in [0.5, 0.6) is 5.75 Å². The van der Waals surface area contributed by atoms with Crippen LogP contribution in [0.1, 0.15) is 30.5 Å². The lowest BCUT2D eigenvalue weighted by atomic mass is 9.94. The molecule has 156 valence electrons. The van der Waals surface area contributed by atoms with Gasteiger partial charge >= 0.3 is 5.97 Å². The highest BCUT2D eigenvalue weighted by atomic mass is 35.5. The molecular weight excluding hydrogens is 390 g/mol. The SMILES string of the molecule is CCOC(=O)Cc1ccc(OC)c(-c2ccc(C)cc2CN(CC)C(=O)CCl)c1. The van der Waals surface area contributed by atoms with Crippen LogP contribution in [0.2, 0.25) is 0 Å². The number of halogens is 1. The zero-order chi connectivity index (χ0) is 21.4. The lowest BCUT2D eigenvalue weighted by Crippen LogP contribution is -2.31. The second-order valence-electron chi connectivity index (χ2n) is 6.72. The lowest BCUT2D eigenvalue weighted by molar-refractivity contribution is -0.142. The van der Waals surface area contributed by atoms with Gasteiger partial charge in [-0.25, -0.2) is 0 Å². The highest BCUT2D eigenvalue weighted by molar-refractivity contribution is 6.27. The molecule has 0 N–H and O–H groups in total. The Morgan fingerprint density at radius 1 is 1.07 bits per heavy atom. The molecular formula is C23H28ClNO4. The van der Waals surface area contributed by atoms with E-state index in [2.05, 4.69) is 6.07 Å². The van der Waals surface area contributed by atoms with Gasteiger partial charge in [-0.05, 0) is 49.6 Å². The Kier molecular flexibility index (Phi) is 8.52. The number of nitrogens with zero attached hydrogens (tertiary/aromatic N) is 1. The van der Waals surface area contributed by atoms with Crippen molar-refractivity contribution in [1.29, 1.82) is 0 Å². The molecule has 2 aromatic carbocycles. The minimum Gasteiger partial charge on any atom is -0.496 e. The van der Waals surface area contributed by atoms with E-state index < -0.39 is 0 Å². The molecule has 2 rings (SSSR count). The molecule has 5 nitrogen and oxygen atoms in total. The Hall–Kier alpha value is -2.53. The number of benzene rings is 2. The highest BCUT2D eigenvalue weighted by Gasteiger charge is 2.17. The van der Waals surface area contributed by atoms with Crippen molar-refractivity contribution in [3.63, 3.8) is 0 Å². The van der Waals surface area contributed by atoms with Crippen LogP contribution in [0.15, 0.2) is 36.4 Å². The fraction of sp³-hybridized carbons (Fsp3) is 0.391. The first-order valence-corrected chi connectivity index (χ1v) is 10.2. The van der Waals surface area contributed by atoms with E-state index in [1.54, 1.807) is 18.9 Å². The molecule has 6 heteroatoms. The van der Waals surface area contributed by atoms with Crippen molar-refractivity contribution in [1.82, 2.24) is 4.90 Å². The summed E-state index contributed by atoms with van der Waals surface area (Å²) in [6.45, 7) is 7.11. The van der Waals surface area contributed by atoms with E-state index in [9.17, 15) is 9.59 Å². The van der Waals surface area contributed by atoms with Crippen LogP contribution < -0.4 is 4.74 Å². The summed E-state index contributed by atoms with van der Waals surface area (Å²) in [6.07, 6.45) is 0.192. The summed E-state index contributed by atoms with van der Waals surface area (Å²) in [6, 6.07) is 11.8. The van der Waals surface area contributed by atoms with Crippen LogP contribution >= 0.6 is 11.6 Å². The summed E-state index contributed by atoms with van der Waals surface area (Å²) in [4.78, 5) is 25.8. The fourth-order valence-electron chi connectivity index (χ4n) is 3.24. The molecule has 0 aromatic heterocycles. The summed E-state index contributed by atoms with van der Waals surface area (Å²) in [7, 11) is 1.62. The van der Waals surface area contributed by atoms with E-state index in [0.717, 1.165) is 27.8 Å². The normalized spacial score (nSPS) is 10.5. The molecule has 0 heterocycles. The first-order valence-electron chi connectivity index (χ1n) is 9.69. The lowest BCUT2D eigenvalue weighted by Gasteiger charge is -2.23. The maximum atomic E-state index is 12.2. The van der Waals surface area contributed by atoms with Crippen LogP contribution in [-0.2, 0) is 27.3 Å². The Morgan fingerprint density at radius 3 is 2.45 bits per heavy atom. The number of hydrogen-bond acceptors (Lipinski definition) is 4. The van der Waals surface area contributed by atoms with Crippen molar-refractivity contribution in [2.24, 2.45) is 0 Å². The number of rotatable bonds is 9. The Balaban J connectivity index is 2.49. The largest absolute Gasteiger partial charge is 0.496 e. The van der Waals surface area contributed by atoms with Gasteiger partial charge in [0, 0.05) is 18.7 Å². The van der Waals surface area contributed by atoms with Crippen molar-refractivity contribution in [2.45, 2.75) is 33.7 Å². The molecule has 0 aliphatic heterocycles. The van der Waals surface area contributed by atoms with Gasteiger partial charge in [0.1, 0.15) is 11.6 Å². The van der Waals surface area contributed by atoms with Crippen LogP contribution in [-0.4, -0.2) is 42.9 Å². The third-order valence-corrected chi connectivity index (χ3v) is 4.91. The maximum Gasteiger partial charge on any atom is 0.310 e. The number of alkyl halides is 1. The van der Waals surface area contributed by atoms with Crippen molar-refractivity contribution in [3.05, 3.63) is 53.1 Å². The molecule has 0 spiro atoms. The molecule has 0 saturated heterocycles. The molecule has 0 unspecified atom stereocenters. The van der Waals surface area contributed by atoms with Crippen molar-refractivity contribution in [2.75, 3.05) is 26.1 Å². The number of ether oxygens (including phenoxy) is 2. The smallest absolute Gasteiger partial charge is 0.310 e. The van der Waals surface area contributed by atoms with Gasteiger partial charge in [0.25, 0.3) is 0 Å². The van der Waals surface area contributed by atoms with Gasteiger partial charge in [0.2, 0.25) is 5.91 Å². The average molecular weight is 418 g/mol. The highest BCUT2D eigenvalue weighted by Crippen LogP contribution is 2.34. The third kappa shape index (κ3) is 5.97. The van der Waals surface area contributed by atoms with Crippen LogP contribution in [0.3, 0.4) is 0 Å². The third-order valence-electron chi connectivity index (χ3n) is 4.68. The van der Waals surface area contributed by atoms with Crippen LogP contribution in [0.4, 0.5) is 0 Å². The minimum absolute atomic E-state index is 0.0483. The van der Waals surface area contributed by atoms with E-state index in [-0.39, 0.29) is 24.2 Å². The molecule has 1 amide bonds. The number of carbonyl (C=O) groups is 2. The molecule has 29 heavy (non-hydrogen) atoms. The number of aryl methyl sites for hydroxylation is 1. The number of esters is 1. The van der Waals surface area contributed by atoms with Gasteiger partial charge < -0.3 is 14.4 Å². The van der Waals surface area contributed by atoms with Crippen LogP contribution in [0.25, 0.3) is 11.1 Å². The van der Waals surface area contributed by atoms with E-state index >= 15 is 0 Å². The van der Waals surface area contributed by atoms with Crippen molar-refractivity contribution in [3.8, 4) is 16.9 Å². The molecule has 0 aliphatic rings. The number of amides is 1. The van der Waals surface area contributed by atoms with Gasteiger partial charge in [-0.3, -0.25) is 9.59 Å². The Labute approximate surface area is 177 Å². The van der Waals surface area contributed by atoms with E-state index in [4.69, 9.17) is 21.1 Å². The van der Waals surface area contributed by atoms with Crippen molar-refractivity contribution >= 4 is 23.5 Å². The molecule has 0 atom stereocenters. The van der Waals surface area contributed by atoms with Gasteiger partial charge in [-0.1, -0.05) is 29.8 Å². The average Bonchev–Trinajstić information content (AvgIpc) is 2.71. The van der Waals surface area contributed by atoms with Crippen LogP contribution in [0, 0.1) is 6.92 Å². The zero-order valence-electron chi connectivity index (χ0n) is 17.5. The molecule has 0 radical (unpaired) electrons. The first-order chi connectivity index (χ1) is 13.9.